The number of alkyl halides is 1. The number of halogens is 1. The van der Waals surface area contributed by atoms with Crippen LogP contribution in [0.2, 0.25) is 0 Å². The fraction of sp³-hybridized carbons (Fsp3) is 0.400. The largest absolute Gasteiger partial charge is 0.300 e. The SMILES string of the molecule is CC(=O)CCC(Cl)c1cccnc1. The van der Waals surface area contributed by atoms with Crippen LogP contribution in [0.15, 0.2) is 24.5 Å². The predicted molar refractivity (Wildman–Crippen MR) is 52.7 cm³/mol. The van der Waals surface area contributed by atoms with Crippen molar-refractivity contribution in [2.24, 2.45) is 0 Å². The van der Waals surface area contributed by atoms with Crippen molar-refractivity contribution >= 4 is 17.4 Å². The summed E-state index contributed by atoms with van der Waals surface area (Å²) < 4.78 is 0. The molecule has 0 aliphatic rings. The number of ketones is 1. The molecule has 1 aromatic rings. The van der Waals surface area contributed by atoms with Crippen LogP contribution in [0.25, 0.3) is 0 Å². The van der Waals surface area contributed by atoms with Crippen LogP contribution in [0.5, 0.6) is 0 Å². The molecule has 1 unspecified atom stereocenters. The van der Waals surface area contributed by atoms with Crippen LogP contribution in [0.1, 0.15) is 30.7 Å². The molecular formula is C10H12ClNO. The molecule has 0 saturated carbocycles. The van der Waals surface area contributed by atoms with E-state index in [0.29, 0.717) is 12.8 Å². The molecule has 0 aliphatic heterocycles. The van der Waals surface area contributed by atoms with Gasteiger partial charge in [-0.25, -0.2) is 0 Å². The molecule has 1 atom stereocenters. The predicted octanol–water partition coefficient (Wildman–Crippen LogP) is 2.73. The molecule has 70 valence electrons. The van der Waals surface area contributed by atoms with E-state index < -0.39 is 0 Å². The lowest BCUT2D eigenvalue weighted by Crippen LogP contribution is -1.96. The fourth-order valence-electron chi connectivity index (χ4n) is 1.06. The van der Waals surface area contributed by atoms with Gasteiger partial charge in [-0.3, -0.25) is 4.98 Å². The molecule has 0 fully saturated rings. The molecule has 2 nitrogen and oxygen atoms in total. The monoisotopic (exact) mass is 197 g/mol. The van der Waals surface area contributed by atoms with Gasteiger partial charge in [-0.1, -0.05) is 6.07 Å². The lowest BCUT2D eigenvalue weighted by Gasteiger charge is -2.06. The summed E-state index contributed by atoms with van der Waals surface area (Å²) in [6.45, 7) is 1.58. The lowest BCUT2D eigenvalue weighted by atomic mass is 10.1. The topological polar surface area (TPSA) is 30.0 Å². The zero-order valence-corrected chi connectivity index (χ0v) is 8.29. The minimum Gasteiger partial charge on any atom is -0.300 e. The lowest BCUT2D eigenvalue weighted by molar-refractivity contribution is -0.117. The molecule has 1 aromatic heterocycles. The number of hydrogen-bond acceptors (Lipinski definition) is 2. The first-order chi connectivity index (χ1) is 6.20. The molecular weight excluding hydrogens is 186 g/mol. The van der Waals surface area contributed by atoms with E-state index in [-0.39, 0.29) is 11.2 Å². The second-order valence-electron chi connectivity index (χ2n) is 2.99. The molecule has 13 heavy (non-hydrogen) atoms. The standard InChI is InChI=1S/C10H12ClNO/c1-8(13)4-5-10(11)9-3-2-6-12-7-9/h2-3,6-7,10H,4-5H2,1H3. The van der Waals surface area contributed by atoms with Gasteiger partial charge in [-0.05, 0) is 25.0 Å². The fourth-order valence-corrected chi connectivity index (χ4v) is 1.30. The summed E-state index contributed by atoms with van der Waals surface area (Å²) in [5, 5.41) is -0.0994. The molecule has 1 rings (SSSR count). The third-order valence-corrected chi connectivity index (χ3v) is 2.27. The zero-order chi connectivity index (χ0) is 9.68. The Balaban J connectivity index is 2.49. The Kier molecular flexibility index (Phi) is 3.90. The molecule has 0 saturated heterocycles. The summed E-state index contributed by atoms with van der Waals surface area (Å²) in [6, 6.07) is 3.77. The van der Waals surface area contributed by atoms with E-state index in [4.69, 9.17) is 11.6 Å². The minimum absolute atomic E-state index is 0.0994. The Morgan fingerprint density at radius 2 is 2.46 bits per heavy atom. The number of hydrogen-bond donors (Lipinski definition) is 0. The Hall–Kier alpha value is -0.890. The van der Waals surface area contributed by atoms with Crippen molar-refractivity contribution < 1.29 is 4.79 Å². The maximum Gasteiger partial charge on any atom is 0.129 e. The molecule has 0 N–H and O–H groups in total. The van der Waals surface area contributed by atoms with Gasteiger partial charge in [0.25, 0.3) is 0 Å². The Bertz CT molecular complexity index is 274. The van der Waals surface area contributed by atoms with Crippen molar-refractivity contribution in [2.75, 3.05) is 0 Å². The first-order valence-electron chi connectivity index (χ1n) is 4.23. The smallest absolute Gasteiger partial charge is 0.129 e. The third-order valence-electron chi connectivity index (χ3n) is 1.80. The van der Waals surface area contributed by atoms with Crippen LogP contribution in [0.4, 0.5) is 0 Å². The van der Waals surface area contributed by atoms with E-state index in [1.165, 1.54) is 0 Å². The van der Waals surface area contributed by atoms with Crippen molar-refractivity contribution in [1.29, 1.82) is 0 Å². The molecule has 3 heteroatoms. The number of aromatic nitrogens is 1. The first-order valence-corrected chi connectivity index (χ1v) is 4.67. The highest BCUT2D eigenvalue weighted by Gasteiger charge is 2.08. The molecule has 0 spiro atoms. The molecule has 0 radical (unpaired) electrons. The van der Waals surface area contributed by atoms with Gasteiger partial charge >= 0.3 is 0 Å². The quantitative estimate of drug-likeness (QED) is 0.695. The highest BCUT2D eigenvalue weighted by Crippen LogP contribution is 2.24. The average molecular weight is 198 g/mol. The van der Waals surface area contributed by atoms with Gasteiger partial charge in [0.15, 0.2) is 0 Å². The molecule has 0 aromatic carbocycles. The molecule has 0 amide bonds. The van der Waals surface area contributed by atoms with Crippen LogP contribution in [-0.4, -0.2) is 10.8 Å². The number of Topliss-reactive ketones (excluding diaryl/α,β-unsaturated/α-hetero) is 1. The first kappa shape index (κ1) is 10.2. The highest BCUT2D eigenvalue weighted by molar-refractivity contribution is 6.20. The molecule has 1 heterocycles. The number of nitrogens with zero attached hydrogens (tertiary/aromatic N) is 1. The van der Waals surface area contributed by atoms with Crippen molar-refractivity contribution in [3.63, 3.8) is 0 Å². The van der Waals surface area contributed by atoms with E-state index in [2.05, 4.69) is 4.98 Å². The summed E-state index contributed by atoms with van der Waals surface area (Å²) in [4.78, 5) is 14.7. The van der Waals surface area contributed by atoms with Crippen LogP contribution in [-0.2, 0) is 4.79 Å². The van der Waals surface area contributed by atoms with Crippen molar-refractivity contribution in [3.05, 3.63) is 30.1 Å². The van der Waals surface area contributed by atoms with Crippen molar-refractivity contribution in [3.8, 4) is 0 Å². The second-order valence-corrected chi connectivity index (χ2v) is 3.52. The summed E-state index contributed by atoms with van der Waals surface area (Å²) in [7, 11) is 0. The van der Waals surface area contributed by atoms with Gasteiger partial charge in [0, 0.05) is 18.8 Å². The van der Waals surface area contributed by atoms with Crippen LogP contribution in [0, 0.1) is 0 Å². The Morgan fingerprint density at radius 1 is 1.69 bits per heavy atom. The number of pyridine rings is 1. The Labute approximate surface area is 82.9 Å². The van der Waals surface area contributed by atoms with E-state index in [1.54, 1.807) is 19.3 Å². The Morgan fingerprint density at radius 3 is 3.00 bits per heavy atom. The van der Waals surface area contributed by atoms with Gasteiger partial charge in [-0.15, -0.1) is 11.6 Å². The van der Waals surface area contributed by atoms with Gasteiger partial charge in [0.2, 0.25) is 0 Å². The number of carbonyl (C=O) groups is 1. The number of carbonyl (C=O) groups excluding carboxylic acids is 1. The van der Waals surface area contributed by atoms with Gasteiger partial charge in [0.05, 0.1) is 5.38 Å². The summed E-state index contributed by atoms with van der Waals surface area (Å²) in [5.41, 5.74) is 0.977. The second kappa shape index (κ2) is 4.97. The van der Waals surface area contributed by atoms with Gasteiger partial charge in [-0.2, -0.15) is 0 Å². The van der Waals surface area contributed by atoms with E-state index in [9.17, 15) is 4.79 Å². The van der Waals surface area contributed by atoms with Gasteiger partial charge < -0.3 is 4.79 Å². The van der Waals surface area contributed by atoms with Crippen LogP contribution in [0.3, 0.4) is 0 Å². The zero-order valence-electron chi connectivity index (χ0n) is 7.53. The highest BCUT2D eigenvalue weighted by atomic mass is 35.5. The third kappa shape index (κ3) is 3.55. The van der Waals surface area contributed by atoms with Crippen LogP contribution >= 0.6 is 11.6 Å². The maximum atomic E-state index is 10.7. The summed E-state index contributed by atoms with van der Waals surface area (Å²) in [6.07, 6.45) is 4.65. The summed E-state index contributed by atoms with van der Waals surface area (Å²) >= 11 is 6.06. The van der Waals surface area contributed by atoms with Gasteiger partial charge in [0.1, 0.15) is 5.78 Å². The molecule has 0 bridgehead atoms. The number of rotatable bonds is 4. The van der Waals surface area contributed by atoms with E-state index in [1.807, 2.05) is 12.1 Å². The maximum absolute atomic E-state index is 10.7. The molecule has 0 aliphatic carbocycles. The van der Waals surface area contributed by atoms with Crippen molar-refractivity contribution in [1.82, 2.24) is 4.98 Å². The van der Waals surface area contributed by atoms with Crippen molar-refractivity contribution in [2.45, 2.75) is 25.1 Å². The van der Waals surface area contributed by atoms with Crippen LogP contribution < -0.4 is 0 Å². The van der Waals surface area contributed by atoms with E-state index >= 15 is 0 Å². The minimum atomic E-state index is -0.0994. The normalized spacial score (nSPS) is 12.5. The average Bonchev–Trinajstić information content (AvgIpc) is 2.15. The van der Waals surface area contributed by atoms with E-state index in [0.717, 1.165) is 5.56 Å². The summed E-state index contributed by atoms with van der Waals surface area (Å²) in [5.74, 6) is 0.176.